The highest BCUT2D eigenvalue weighted by Gasteiger charge is 2.21. The first-order valence-corrected chi connectivity index (χ1v) is 5.72. The van der Waals surface area contributed by atoms with Gasteiger partial charge in [-0.25, -0.2) is 0 Å². The Kier molecular flexibility index (Phi) is 2.76. The minimum atomic E-state index is 0. The topological polar surface area (TPSA) is 47.9 Å². The summed E-state index contributed by atoms with van der Waals surface area (Å²) in [4.78, 5) is 4.76. The van der Waals surface area contributed by atoms with Crippen molar-refractivity contribution in [1.29, 1.82) is 0 Å². The summed E-state index contributed by atoms with van der Waals surface area (Å²) < 4.78 is 0. The van der Waals surface area contributed by atoms with Gasteiger partial charge in [0.15, 0.2) is 0 Å². The van der Waals surface area contributed by atoms with Gasteiger partial charge in [-0.3, -0.25) is 4.98 Å². The lowest BCUT2D eigenvalue weighted by Crippen LogP contribution is -2.16. The third kappa shape index (κ3) is 2.08. The molecule has 2 nitrogen and oxygen atoms in total. The average Bonchev–Trinajstić information content (AvgIpc) is 2.25. The molecule has 2 aromatic rings. The van der Waals surface area contributed by atoms with Gasteiger partial charge in [-0.1, -0.05) is 44.2 Å². The summed E-state index contributed by atoms with van der Waals surface area (Å²) in [7, 11) is 0. The third-order valence-electron chi connectivity index (χ3n) is 3.17. The molecule has 0 saturated carbocycles. The quantitative estimate of drug-likeness (QED) is 0.738. The Morgan fingerprint density at radius 1 is 1.18 bits per heavy atom. The average molecular weight is 226 g/mol. The monoisotopic (exact) mass is 226 g/mol. The molecular weight excluding hydrogens is 208 g/mol. The SMILES string of the molecule is CC1(C)C=Cc2cc3ccccc3nc2C1.N. The molecule has 0 fully saturated rings. The molecule has 0 spiro atoms. The molecular formula is C15H18N2. The van der Waals surface area contributed by atoms with Gasteiger partial charge in [0.25, 0.3) is 0 Å². The van der Waals surface area contributed by atoms with Crippen LogP contribution in [0.4, 0.5) is 0 Å². The number of aromatic nitrogens is 1. The fraction of sp³-hybridized carbons (Fsp3) is 0.267. The van der Waals surface area contributed by atoms with Crippen LogP contribution in [-0.4, -0.2) is 4.98 Å². The number of hydrogen-bond donors (Lipinski definition) is 1. The van der Waals surface area contributed by atoms with Gasteiger partial charge in [0.2, 0.25) is 0 Å². The number of hydrogen-bond acceptors (Lipinski definition) is 2. The summed E-state index contributed by atoms with van der Waals surface area (Å²) in [6, 6.07) is 10.6. The van der Waals surface area contributed by atoms with E-state index in [1.165, 1.54) is 16.6 Å². The normalized spacial score (nSPS) is 16.4. The van der Waals surface area contributed by atoms with Crippen molar-refractivity contribution in [2.45, 2.75) is 20.3 Å². The Morgan fingerprint density at radius 3 is 2.76 bits per heavy atom. The van der Waals surface area contributed by atoms with E-state index in [1.54, 1.807) is 0 Å². The molecule has 88 valence electrons. The van der Waals surface area contributed by atoms with E-state index in [2.05, 4.69) is 50.3 Å². The van der Waals surface area contributed by atoms with Crippen molar-refractivity contribution in [2.24, 2.45) is 5.41 Å². The van der Waals surface area contributed by atoms with Crippen LogP contribution in [0.25, 0.3) is 17.0 Å². The van der Waals surface area contributed by atoms with Crippen molar-refractivity contribution in [3.63, 3.8) is 0 Å². The van der Waals surface area contributed by atoms with Gasteiger partial charge in [0.1, 0.15) is 0 Å². The maximum atomic E-state index is 4.76. The molecule has 1 aromatic carbocycles. The smallest absolute Gasteiger partial charge is 0.0705 e. The first-order valence-electron chi connectivity index (χ1n) is 5.72. The molecule has 0 amide bonds. The second kappa shape index (κ2) is 3.97. The maximum absolute atomic E-state index is 4.76. The Labute approximate surface area is 102 Å². The predicted molar refractivity (Wildman–Crippen MR) is 73.3 cm³/mol. The zero-order valence-corrected chi connectivity index (χ0v) is 10.4. The van der Waals surface area contributed by atoms with Crippen LogP contribution in [0.5, 0.6) is 0 Å². The Hall–Kier alpha value is -1.67. The number of fused-ring (bicyclic) bond motifs is 2. The Morgan fingerprint density at radius 2 is 1.94 bits per heavy atom. The lowest BCUT2D eigenvalue weighted by molar-refractivity contribution is 0.469. The molecule has 0 bridgehead atoms. The first kappa shape index (κ1) is 11.8. The highest BCUT2D eigenvalue weighted by molar-refractivity contribution is 5.81. The van der Waals surface area contributed by atoms with Crippen molar-refractivity contribution in [1.82, 2.24) is 11.1 Å². The number of rotatable bonds is 0. The lowest BCUT2D eigenvalue weighted by Gasteiger charge is -2.25. The van der Waals surface area contributed by atoms with Crippen molar-refractivity contribution >= 4 is 17.0 Å². The predicted octanol–water partition coefficient (Wildman–Crippen LogP) is 3.99. The lowest BCUT2D eigenvalue weighted by atomic mass is 9.81. The molecule has 0 unspecified atom stereocenters. The fourth-order valence-electron chi connectivity index (χ4n) is 2.26. The van der Waals surface area contributed by atoms with E-state index in [9.17, 15) is 0 Å². The molecule has 0 aliphatic heterocycles. The molecule has 1 aromatic heterocycles. The van der Waals surface area contributed by atoms with Crippen LogP contribution in [0.3, 0.4) is 0 Å². The Bertz CT molecular complexity index is 582. The van der Waals surface area contributed by atoms with Crippen molar-refractivity contribution < 1.29 is 0 Å². The van der Waals surface area contributed by atoms with E-state index in [1.807, 2.05) is 6.07 Å². The number of nitrogens with zero attached hydrogens (tertiary/aromatic N) is 1. The highest BCUT2D eigenvalue weighted by Crippen LogP contribution is 2.32. The molecule has 1 aliphatic rings. The molecule has 3 rings (SSSR count). The third-order valence-corrected chi connectivity index (χ3v) is 3.17. The summed E-state index contributed by atoms with van der Waals surface area (Å²) in [6.07, 6.45) is 5.52. The molecule has 0 saturated heterocycles. The van der Waals surface area contributed by atoms with E-state index in [0.717, 1.165) is 11.9 Å². The van der Waals surface area contributed by atoms with Gasteiger partial charge in [-0.2, -0.15) is 0 Å². The molecule has 0 radical (unpaired) electrons. The van der Waals surface area contributed by atoms with Gasteiger partial charge >= 0.3 is 0 Å². The minimum absolute atomic E-state index is 0. The van der Waals surface area contributed by atoms with E-state index < -0.39 is 0 Å². The zero-order valence-electron chi connectivity index (χ0n) is 10.4. The van der Waals surface area contributed by atoms with Gasteiger partial charge < -0.3 is 6.15 Å². The Balaban J connectivity index is 0.00000108. The summed E-state index contributed by atoms with van der Waals surface area (Å²) in [5.41, 5.74) is 3.85. The van der Waals surface area contributed by atoms with Crippen molar-refractivity contribution in [3.8, 4) is 0 Å². The van der Waals surface area contributed by atoms with Crippen LogP contribution in [0.2, 0.25) is 0 Å². The fourth-order valence-corrected chi connectivity index (χ4v) is 2.26. The van der Waals surface area contributed by atoms with Gasteiger partial charge in [0.05, 0.1) is 5.52 Å². The van der Waals surface area contributed by atoms with Gasteiger partial charge in [0, 0.05) is 11.1 Å². The van der Waals surface area contributed by atoms with Crippen LogP contribution in [-0.2, 0) is 6.42 Å². The highest BCUT2D eigenvalue weighted by atomic mass is 14.7. The van der Waals surface area contributed by atoms with Crippen LogP contribution >= 0.6 is 0 Å². The number of allylic oxidation sites excluding steroid dienone is 1. The number of para-hydroxylation sites is 1. The van der Waals surface area contributed by atoms with Gasteiger partial charge in [-0.05, 0) is 29.5 Å². The summed E-state index contributed by atoms with van der Waals surface area (Å²) in [5.74, 6) is 0. The molecule has 2 heteroatoms. The molecule has 0 atom stereocenters. The minimum Gasteiger partial charge on any atom is -0.344 e. The summed E-state index contributed by atoms with van der Waals surface area (Å²) in [6.45, 7) is 4.51. The second-order valence-electron chi connectivity index (χ2n) is 5.22. The summed E-state index contributed by atoms with van der Waals surface area (Å²) >= 11 is 0. The molecule has 17 heavy (non-hydrogen) atoms. The maximum Gasteiger partial charge on any atom is 0.0705 e. The van der Waals surface area contributed by atoms with E-state index >= 15 is 0 Å². The van der Waals surface area contributed by atoms with Crippen LogP contribution in [0.15, 0.2) is 36.4 Å². The van der Waals surface area contributed by atoms with Crippen molar-refractivity contribution in [2.75, 3.05) is 0 Å². The molecule has 1 heterocycles. The first-order chi connectivity index (χ1) is 7.64. The molecule has 3 N–H and O–H groups in total. The van der Waals surface area contributed by atoms with Gasteiger partial charge in [-0.15, -0.1) is 0 Å². The zero-order chi connectivity index (χ0) is 11.2. The van der Waals surface area contributed by atoms with E-state index in [4.69, 9.17) is 4.98 Å². The largest absolute Gasteiger partial charge is 0.344 e. The van der Waals surface area contributed by atoms with Crippen molar-refractivity contribution in [3.05, 3.63) is 47.7 Å². The molecule has 1 aliphatic carbocycles. The summed E-state index contributed by atoms with van der Waals surface area (Å²) in [5, 5.41) is 1.23. The van der Waals surface area contributed by atoms with Crippen LogP contribution in [0.1, 0.15) is 25.1 Å². The second-order valence-corrected chi connectivity index (χ2v) is 5.22. The van der Waals surface area contributed by atoms with E-state index in [-0.39, 0.29) is 11.6 Å². The van der Waals surface area contributed by atoms with Crippen LogP contribution < -0.4 is 6.15 Å². The van der Waals surface area contributed by atoms with Crippen LogP contribution in [0, 0.1) is 5.41 Å². The number of pyridine rings is 1. The standard InChI is InChI=1S/C15H15N.H3N/c1-15(2)8-7-12-9-11-5-3-4-6-13(11)16-14(12)10-15;/h3-9H,10H2,1-2H3;1H3. The van der Waals surface area contributed by atoms with E-state index in [0.29, 0.717) is 0 Å². The number of benzene rings is 1.